The van der Waals surface area contributed by atoms with E-state index in [2.05, 4.69) is 19.1 Å². The molecule has 1 nitrogen and oxygen atoms in total. The molecule has 1 N–H and O–H groups in total. The molecular formula is C16H18O. The second-order valence-electron chi connectivity index (χ2n) is 4.47. The molecule has 0 saturated heterocycles. The van der Waals surface area contributed by atoms with Gasteiger partial charge in [-0.2, -0.15) is 0 Å². The summed E-state index contributed by atoms with van der Waals surface area (Å²) in [6.45, 7) is 2.15. The molecule has 2 aromatic rings. The van der Waals surface area contributed by atoms with Gasteiger partial charge in [-0.15, -0.1) is 0 Å². The van der Waals surface area contributed by atoms with Crippen molar-refractivity contribution in [2.45, 2.75) is 25.4 Å². The van der Waals surface area contributed by atoms with Crippen LogP contribution in [0.3, 0.4) is 0 Å². The fourth-order valence-corrected chi connectivity index (χ4v) is 2.06. The first-order chi connectivity index (χ1) is 8.27. The third-order valence-electron chi connectivity index (χ3n) is 3.13. The van der Waals surface area contributed by atoms with Crippen LogP contribution < -0.4 is 0 Å². The average Bonchev–Trinajstić information content (AvgIpc) is 2.40. The van der Waals surface area contributed by atoms with E-state index in [0.717, 1.165) is 12.0 Å². The second-order valence-corrected chi connectivity index (χ2v) is 4.47. The minimum absolute atomic E-state index is 0.367. The Kier molecular flexibility index (Phi) is 3.94. The Bertz CT molecular complexity index is 392. The number of rotatable bonds is 4. The molecule has 0 radical (unpaired) electrons. The fraction of sp³-hybridized carbons (Fsp3) is 0.250. The van der Waals surface area contributed by atoms with Gasteiger partial charge in [-0.1, -0.05) is 67.6 Å². The van der Waals surface area contributed by atoms with Crippen LogP contribution in [0.25, 0.3) is 0 Å². The molecule has 88 valence electrons. The van der Waals surface area contributed by atoms with Crippen LogP contribution in [0.1, 0.15) is 36.5 Å². The van der Waals surface area contributed by atoms with Crippen molar-refractivity contribution in [2.75, 3.05) is 0 Å². The van der Waals surface area contributed by atoms with E-state index < -0.39 is 0 Å². The molecule has 0 heterocycles. The molecule has 0 aliphatic rings. The fourth-order valence-electron chi connectivity index (χ4n) is 2.06. The average molecular weight is 226 g/mol. The molecule has 0 saturated carbocycles. The summed E-state index contributed by atoms with van der Waals surface area (Å²) in [5.74, 6) is 0.367. The number of hydrogen-bond donors (Lipinski definition) is 1. The summed E-state index contributed by atoms with van der Waals surface area (Å²) in [5, 5.41) is 10.2. The van der Waals surface area contributed by atoms with Crippen molar-refractivity contribution < 1.29 is 5.11 Å². The Morgan fingerprint density at radius 1 is 0.824 bits per heavy atom. The first kappa shape index (κ1) is 11.9. The highest BCUT2D eigenvalue weighted by Crippen LogP contribution is 2.27. The molecule has 0 fully saturated rings. The molecule has 0 aliphatic carbocycles. The lowest BCUT2D eigenvalue weighted by atomic mass is 9.92. The van der Waals surface area contributed by atoms with E-state index in [4.69, 9.17) is 0 Å². The Morgan fingerprint density at radius 3 is 1.82 bits per heavy atom. The third kappa shape index (κ3) is 3.18. The molecule has 0 amide bonds. The topological polar surface area (TPSA) is 20.2 Å². The van der Waals surface area contributed by atoms with E-state index in [1.807, 2.05) is 48.5 Å². The Morgan fingerprint density at radius 2 is 1.29 bits per heavy atom. The molecule has 17 heavy (non-hydrogen) atoms. The molecule has 2 aromatic carbocycles. The maximum absolute atomic E-state index is 10.2. The van der Waals surface area contributed by atoms with Gasteiger partial charge in [-0.25, -0.2) is 0 Å². The molecule has 0 aromatic heterocycles. The van der Waals surface area contributed by atoms with E-state index in [9.17, 15) is 5.11 Å². The van der Waals surface area contributed by atoms with Crippen molar-refractivity contribution in [1.29, 1.82) is 0 Å². The largest absolute Gasteiger partial charge is 0.388 e. The van der Waals surface area contributed by atoms with Gasteiger partial charge in [0, 0.05) is 0 Å². The van der Waals surface area contributed by atoms with Crippen LogP contribution >= 0.6 is 0 Å². The first-order valence-electron chi connectivity index (χ1n) is 6.05. The predicted molar refractivity (Wildman–Crippen MR) is 70.9 cm³/mol. The zero-order chi connectivity index (χ0) is 12.1. The van der Waals surface area contributed by atoms with Gasteiger partial charge in [0.25, 0.3) is 0 Å². The lowest BCUT2D eigenvalue weighted by Crippen LogP contribution is -2.03. The number of hydrogen-bond acceptors (Lipinski definition) is 1. The number of aliphatic hydroxyl groups excluding tert-OH is 1. The van der Waals surface area contributed by atoms with Crippen molar-refractivity contribution in [2.24, 2.45) is 0 Å². The Balaban J connectivity index is 2.02. The van der Waals surface area contributed by atoms with Crippen molar-refractivity contribution in [1.82, 2.24) is 0 Å². The number of benzene rings is 2. The van der Waals surface area contributed by atoms with Crippen LogP contribution in [0.5, 0.6) is 0 Å². The summed E-state index contributed by atoms with van der Waals surface area (Å²) in [4.78, 5) is 0. The molecule has 2 atom stereocenters. The van der Waals surface area contributed by atoms with Crippen molar-refractivity contribution in [3.63, 3.8) is 0 Å². The highest BCUT2D eigenvalue weighted by molar-refractivity contribution is 5.21. The van der Waals surface area contributed by atoms with Gasteiger partial charge in [-0.3, -0.25) is 0 Å². The van der Waals surface area contributed by atoms with Crippen molar-refractivity contribution in [3.8, 4) is 0 Å². The molecule has 0 aliphatic heterocycles. The van der Waals surface area contributed by atoms with E-state index in [1.165, 1.54) is 5.56 Å². The predicted octanol–water partition coefficient (Wildman–Crippen LogP) is 3.91. The molecule has 0 bridgehead atoms. The maximum Gasteiger partial charge on any atom is 0.0795 e. The smallest absolute Gasteiger partial charge is 0.0795 e. The Labute approximate surface area is 103 Å². The van der Waals surface area contributed by atoms with E-state index >= 15 is 0 Å². The summed E-state index contributed by atoms with van der Waals surface area (Å²) in [7, 11) is 0. The molecular weight excluding hydrogens is 208 g/mol. The summed E-state index contributed by atoms with van der Waals surface area (Å²) < 4.78 is 0. The van der Waals surface area contributed by atoms with Crippen LogP contribution in [-0.4, -0.2) is 5.11 Å². The molecule has 0 unspecified atom stereocenters. The molecule has 2 rings (SSSR count). The van der Waals surface area contributed by atoms with Gasteiger partial charge in [0.05, 0.1) is 6.10 Å². The zero-order valence-electron chi connectivity index (χ0n) is 10.1. The highest BCUT2D eigenvalue weighted by Gasteiger charge is 2.13. The lowest BCUT2D eigenvalue weighted by molar-refractivity contribution is 0.159. The van der Waals surface area contributed by atoms with Crippen LogP contribution in [0.2, 0.25) is 0 Å². The van der Waals surface area contributed by atoms with Crippen LogP contribution in [0.15, 0.2) is 60.7 Å². The quantitative estimate of drug-likeness (QED) is 0.838. The molecule has 1 heteroatoms. The number of aliphatic hydroxyl groups is 1. The van der Waals surface area contributed by atoms with Crippen LogP contribution in [0.4, 0.5) is 0 Å². The van der Waals surface area contributed by atoms with Crippen LogP contribution in [-0.2, 0) is 0 Å². The van der Waals surface area contributed by atoms with Gasteiger partial charge in [-0.05, 0) is 23.5 Å². The van der Waals surface area contributed by atoms with Gasteiger partial charge in [0.1, 0.15) is 0 Å². The highest BCUT2D eigenvalue weighted by atomic mass is 16.3. The second kappa shape index (κ2) is 5.65. The maximum atomic E-state index is 10.2. The molecule has 0 spiro atoms. The Hall–Kier alpha value is -1.60. The van der Waals surface area contributed by atoms with Crippen molar-refractivity contribution >= 4 is 0 Å². The SMILES string of the molecule is C[C@H](C[C@H](O)c1ccccc1)c1ccccc1. The van der Waals surface area contributed by atoms with Crippen molar-refractivity contribution in [3.05, 3.63) is 71.8 Å². The van der Waals surface area contributed by atoms with Gasteiger partial charge < -0.3 is 5.11 Å². The van der Waals surface area contributed by atoms with Gasteiger partial charge in [0.15, 0.2) is 0 Å². The summed E-state index contributed by atoms with van der Waals surface area (Å²) in [6.07, 6.45) is 0.375. The monoisotopic (exact) mass is 226 g/mol. The lowest BCUT2D eigenvalue weighted by Gasteiger charge is -2.17. The third-order valence-corrected chi connectivity index (χ3v) is 3.13. The normalized spacial score (nSPS) is 14.2. The minimum Gasteiger partial charge on any atom is -0.388 e. The summed E-state index contributed by atoms with van der Waals surface area (Å²) in [5.41, 5.74) is 2.28. The minimum atomic E-state index is -0.383. The standard InChI is InChI=1S/C16H18O/c1-13(14-8-4-2-5-9-14)12-16(17)15-10-6-3-7-11-15/h2-11,13,16-17H,12H2,1H3/t13-,16+/m1/s1. The first-order valence-corrected chi connectivity index (χ1v) is 6.05. The van der Waals surface area contributed by atoms with Gasteiger partial charge in [0.2, 0.25) is 0 Å². The zero-order valence-corrected chi connectivity index (χ0v) is 10.1. The summed E-state index contributed by atoms with van der Waals surface area (Å²) in [6, 6.07) is 20.2. The van der Waals surface area contributed by atoms with E-state index in [-0.39, 0.29) is 6.10 Å². The van der Waals surface area contributed by atoms with Crippen LogP contribution in [0, 0.1) is 0 Å². The van der Waals surface area contributed by atoms with E-state index in [0.29, 0.717) is 5.92 Å². The summed E-state index contributed by atoms with van der Waals surface area (Å²) >= 11 is 0. The van der Waals surface area contributed by atoms with Gasteiger partial charge >= 0.3 is 0 Å². The van der Waals surface area contributed by atoms with E-state index in [1.54, 1.807) is 0 Å².